The third-order valence-electron chi connectivity index (χ3n) is 3.90. The molecule has 1 aromatic heterocycles. The van der Waals surface area contributed by atoms with Crippen molar-refractivity contribution >= 4 is 17.7 Å². The molecule has 21 heavy (non-hydrogen) atoms. The highest BCUT2D eigenvalue weighted by atomic mass is 32.2. The van der Waals surface area contributed by atoms with Crippen molar-refractivity contribution in [1.29, 1.82) is 0 Å². The number of hydrogen-bond acceptors (Lipinski definition) is 5. The minimum Gasteiger partial charge on any atom is -0.352 e. The molecule has 0 saturated heterocycles. The van der Waals surface area contributed by atoms with E-state index in [1.165, 1.54) is 31.0 Å². The van der Waals surface area contributed by atoms with Crippen molar-refractivity contribution in [3.05, 3.63) is 5.82 Å². The first kappa shape index (κ1) is 16.3. The van der Waals surface area contributed by atoms with E-state index in [0.717, 1.165) is 30.4 Å². The number of carbonyl (C=O) groups excluding carboxylic acids is 1. The quantitative estimate of drug-likeness (QED) is 0.781. The van der Waals surface area contributed by atoms with Gasteiger partial charge in [0.15, 0.2) is 5.16 Å². The molecule has 1 unspecified atom stereocenters. The van der Waals surface area contributed by atoms with Crippen molar-refractivity contribution in [2.24, 2.45) is 5.73 Å². The maximum atomic E-state index is 12.3. The molecule has 1 saturated carbocycles. The number of nitrogens with one attached hydrogen (secondary N) is 1. The third-order valence-corrected chi connectivity index (χ3v) is 4.98. The average Bonchev–Trinajstić information content (AvgIpc) is 2.89. The van der Waals surface area contributed by atoms with Crippen LogP contribution in [-0.2, 0) is 17.9 Å². The molecule has 1 aliphatic carbocycles. The first-order chi connectivity index (χ1) is 10.2. The largest absolute Gasteiger partial charge is 0.352 e. The maximum Gasteiger partial charge on any atom is 0.233 e. The molecule has 1 aliphatic rings. The van der Waals surface area contributed by atoms with Crippen LogP contribution in [0.15, 0.2) is 5.16 Å². The Morgan fingerprint density at radius 3 is 2.76 bits per heavy atom. The Balaban J connectivity index is 1.92. The van der Waals surface area contributed by atoms with E-state index >= 15 is 0 Å². The van der Waals surface area contributed by atoms with Crippen molar-refractivity contribution in [1.82, 2.24) is 20.1 Å². The van der Waals surface area contributed by atoms with Crippen LogP contribution in [0.25, 0.3) is 0 Å². The molecule has 7 heteroatoms. The van der Waals surface area contributed by atoms with E-state index < -0.39 is 0 Å². The summed E-state index contributed by atoms with van der Waals surface area (Å²) >= 11 is 1.45. The van der Waals surface area contributed by atoms with Gasteiger partial charge in [0.05, 0.1) is 11.8 Å². The fourth-order valence-electron chi connectivity index (χ4n) is 2.65. The van der Waals surface area contributed by atoms with Gasteiger partial charge in [0.2, 0.25) is 5.91 Å². The van der Waals surface area contributed by atoms with E-state index in [2.05, 4.69) is 15.5 Å². The zero-order valence-corrected chi connectivity index (χ0v) is 13.7. The number of nitrogens with zero attached hydrogens (tertiary/aromatic N) is 3. The molecule has 0 spiro atoms. The van der Waals surface area contributed by atoms with Crippen molar-refractivity contribution in [3.63, 3.8) is 0 Å². The third kappa shape index (κ3) is 4.20. The second-order valence-corrected chi connectivity index (χ2v) is 6.76. The van der Waals surface area contributed by atoms with Crippen LogP contribution in [0, 0.1) is 0 Å². The lowest BCUT2D eigenvalue weighted by Gasteiger charge is -2.24. The van der Waals surface area contributed by atoms with Crippen LogP contribution in [0.3, 0.4) is 0 Å². The summed E-state index contributed by atoms with van der Waals surface area (Å²) in [5.41, 5.74) is 5.64. The number of aromatic nitrogens is 3. The van der Waals surface area contributed by atoms with Gasteiger partial charge in [-0.15, -0.1) is 10.2 Å². The zero-order valence-electron chi connectivity index (χ0n) is 12.8. The Hall–Kier alpha value is -1.08. The van der Waals surface area contributed by atoms with Gasteiger partial charge in [-0.2, -0.15) is 0 Å². The Bertz CT molecular complexity index is 470. The van der Waals surface area contributed by atoms with Crippen LogP contribution in [0.2, 0.25) is 0 Å². The number of carbonyl (C=O) groups is 1. The first-order valence-electron chi connectivity index (χ1n) is 7.74. The highest BCUT2D eigenvalue weighted by molar-refractivity contribution is 8.00. The second kappa shape index (κ2) is 7.79. The van der Waals surface area contributed by atoms with Crippen LogP contribution in [0.1, 0.15) is 51.8 Å². The predicted molar refractivity (Wildman–Crippen MR) is 83.9 cm³/mol. The number of amides is 1. The minimum atomic E-state index is -0.174. The summed E-state index contributed by atoms with van der Waals surface area (Å²) in [5.74, 6) is 0.853. The van der Waals surface area contributed by atoms with Gasteiger partial charge in [-0.3, -0.25) is 4.79 Å². The SMILES string of the molecule is CCn1c(CN)nnc1SC(C)C(=O)NC1CCCCC1. The molecule has 6 nitrogen and oxygen atoms in total. The molecule has 1 heterocycles. The van der Waals surface area contributed by atoms with Crippen LogP contribution in [0.5, 0.6) is 0 Å². The van der Waals surface area contributed by atoms with Gasteiger partial charge >= 0.3 is 0 Å². The van der Waals surface area contributed by atoms with Gasteiger partial charge in [0.1, 0.15) is 5.82 Å². The van der Waals surface area contributed by atoms with Gasteiger partial charge in [-0.1, -0.05) is 31.0 Å². The molecule has 0 bridgehead atoms. The minimum absolute atomic E-state index is 0.0897. The van der Waals surface area contributed by atoms with Crippen molar-refractivity contribution < 1.29 is 4.79 Å². The van der Waals surface area contributed by atoms with Crippen molar-refractivity contribution in [3.8, 4) is 0 Å². The average molecular weight is 311 g/mol. The van der Waals surface area contributed by atoms with Crippen molar-refractivity contribution in [2.45, 2.75) is 75.5 Å². The van der Waals surface area contributed by atoms with Gasteiger partial charge in [-0.25, -0.2) is 0 Å². The van der Waals surface area contributed by atoms with Crippen molar-refractivity contribution in [2.75, 3.05) is 0 Å². The number of nitrogens with two attached hydrogens (primary N) is 1. The molecule has 0 aromatic carbocycles. The van der Waals surface area contributed by atoms with E-state index in [1.807, 2.05) is 18.4 Å². The Morgan fingerprint density at radius 2 is 2.14 bits per heavy atom. The molecule has 2 rings (SSSR count). The molecular formula is C14H25N5OS. The Kier molecular flexibility index (Phi) is 6.05. The van der Waals surface area contributed by atoms with Crippen LogP contribution in [-0.4, -0.2) is 32.0 Å². The zero-order chi connectivity index (χ0) is 15.2. The molecule has 1 atom stereocenters. The molecule has 118 valence electrons. The molecule has 3 N–H and O–H groups in total. The van der Waals surface area contributed by atoms with E-state index in [0.29, 0.717) is 12.6 Å². The Morgan fingerprint density at radius 1 is 1.43 bits per heavy atom. The lowest BCUT2D eigenvalue weighted by atomic mass is 9.95. The molecule has 0 aliphatic heterocycles. The van der Waals surface area contributed by atoms with E-state index in [4.69, 9.17) is 5.73 Å². The molecule has 1 aromatic rings. The van der Waals surface area contributed by atoms with Gasteiger partial charge in [-0.05, 0) is 26.7 Å². The van der Waals surface area contributed by atoms with E-state index in [1.54, 1.807) is 0 Å². The summed E-state index contributed by atoms with van der Waals surface area (Å²) in [5, 5.41) is 12.0. The van der Waals surface area contributed by atoms with Gasteiger partial charge in [0.25, 0.3) is 0 Å². The van der Waals surface area contributed by atoms with Crippen LogP contribution in [0.4, 0.5) is 0 Å². The summed E-state index contributed by atoms with van der Waals surface area (Å²) in [4.78, 5) is 12.3. The predicted octanol–water partition coefficient (Wildman–Crippen LogP) is 1.69. The highest BCUT2D eigenvalue weighted by Crippen LogP contribution is 2.23. The topological polar surface area (TPSA) is 85.8 Å². The normalized spacial score (nSPS) is 17.7. The maximum absolute atomic E-state index is 12.3. The summed E-state index contributed by atoms with van der Waals surface area (Å²) in [7, 11) is 0. The fraction of sp³-hybridized carbons (Fsp3) is 0.786. The summed E-state index contributed by atoms with van der Waals surface area (Å²) in [6.45, 7) is 5.07. The standard InChI is InChI=1S/C14H25N5OS/c1-3-19-12(9-15)17-18-14(19)21-10(2)13(20)16-11-7-5-4-6-8-11/h10-11H,3-9,15H2,1-2H3,(H,16,20). The van der Waals surface area contributed by atoms with E-state index in [9.17, 15) is 4.79 Å². The highest BCUT2D eigenvalue weighted by Gasteiger charge is 2.22. The summed E-state index contributed by atoms with van der Waals surface area (Å²) in [6.07, 6.45) is 5.93. The smallest absolute Gasteiger partial charge is 0.233 e. The molecule has 0 radical (unpaired) electrons. The second-order valence-electron chi connectivity index (χ2n) is 5.45. The molecule has 1 fully saturated rings. The number of hydrogen-bond donors (Lipinski definition) is 2. The summed E-state index contributed by atoms with van der Waals surface area (Å²) in [6, 6.07) is 0.345. The lowest BCUT2D eigenvalue weighted by molar-refractivity contribution is -0.121. The number of thioether (sulfide) groups is 1. The number of rotatable bonds is 6. The Labute approximate surface area is 130 Å². The van der Waals surface area contributed by atoms with E-state index in [-0.39, 0.29) is 11.2 Å². The van der Waals surface area contributed by atoms with Gasteiger partial charge < -0.3 is 15.6 Å². The van der Waals surface area contributed by atoms with Gasteiger partial charge in [0, 0.05) is 12.6 Å². The first-order valence-corrected chi connectivity index (χ1v) is 8.62. The monoisotopic (exact) mass is 311 g/mol. The van der Waals surface area contributed by atoms with Crippen LogP contribution >= 0.6 is 11.8 Å². The molecular weight excluding hydrogens is 286 g/mol. The lowest BCUT2D eigenvalue weighted by Crippen LogP contribution is -2.40. The summed E-state index contributed by atoms with van der Waals surface area (Å²) < 4.78 is 1.97. The fourth-order valence-corrected chi connectivity index (χ4v) is 3.59. The molecule has 1 amide bonds. The van der Waals surface area contributed by atoms with Crippen LogP contribution < -0.4 is 11.1 Å².